The zero-order valence-electron chi connectivity index (χ0n) is 11.4. The molecule has 0 aliphatic heterocycles. The molecule has 1 aromatic heterocycles. The molecule has 2 rings (SSSR count). The molecular formula is C14H18N4O. The number of anilines is 1. The van der Waals surface area contributed by atoms with Crippen molar-refractivity contribution in [2.45, 2.75) is 26.3 Å². The highest BCUT2D eigenvalue weighted by molar-refractivity contribution is 5.36. The smallest absolute Gasteiger partial charge is 0.243 e. The molecule has 5 nitrogen and oxygen atoms in total. The largest absolute Gasteiger partial charge is 0.394 e. The van der Waals surface area contributed by atoms with Crippen molar-refractivity contribution in [3.8, 4) is 0 Å². The molecule has 0 saturated heterocycles. The zero-order chi connectivity index (χ0) is 13.9. The second-order valence-corrected chi connectivity index (χ2v) is 4.79. The van der Waals surface area contributed by atoms with Crippen molar-refractivity contribution >= 4 is 5.95 Å². The van der Waals surface area contributed by atoms with Gasteiger partial charge in [-0.1, -0.05) is 30.3 Å². The molecule has 5 heteroatoms. The number of hydrogen-bond acceptors (Lipinski definition) is 5. The van der Waals surface area contributed by atoms with Gasteiger partial charge in [-0.15, -0.1) is 5.10 Å². The zero-order valence-corrected chi connectivity index (χ0v) is 11.4. The fourth-order valence-corrected chi connectivity index (χ4v) is 1.77. The lowest BCUT2D eigenvalue weighted by atomic mass is 9.93. The highest BCUT2D eigenvalue weighted by atomic mass is 16.3. The van der Waals surface area contributed by atoms with E-state index in [1.54, 1.807) is 0 Å². The van der Waals surface area contributed by atoms with Gasteiger partial charge in [-0.3, -0.25) is 0 Å². The monoisotopic (exact) mass is 258 g/mol. The van der Waals surface area contributed by atoms with Crippen LogP contribution in [0.15, 0.2) is 30.3 Å². The summed E-state index contributed by atoms with van der Waals surface area (Å²) in [7, 11) is 0. The fraction of sp³-hybridized carbons (Fsp3) is 0.357. The van der Waals surface area contributed by atoms with Gasteiger partial charge in [-0.2, -0.15) is 5.10 Å². The third-order valence-electron chi connectivity index (χ3n) is 3.21. The van der Waals surface area contributed by atoms with E-state index < -0.39 is 5.54 Å². The Hall–Kier alpha value is -2.01. The van der Waals surface area contributed by atoms with Crippen molar-refractivity contribution < 1.29 is 5.11 Å². The molecule has 0 aliphatic rings. The molecule has 19 heavy (non-hydrogen) atoms. The van der Waals surface area contributed by atoms with E-state index in [1.165, 1.54) is 0 Å². The van der Waals surface area contributed by atoms with Gasteiger partial charge in [-0.05, 0) is 26.3 Å². The summed E-state index contributed by atoms with van der Waals surface area (Å²) in [6, 6.07) is 9.72. The molecule has 0 fully saturated rings. The van der Waals surface area contributed by atoms with Gasteiger partial charge in [0.05, 0.1) is 23.5 Å². The number of aromatic nitrogens is 3. The highest BCUT2D eigenvalue weighted by Crippen LogP contribution is 2.23. The Kier molecular flexibility index (Phi) is 3.76. The van der Waals surface area contributed by atoms with E-state index in [-0.39, 0.29) is 6.61 Å². The van der Waals surface area contributed by atoms with Crippen LogP contribution in [0.25, 0.3) is 0 Å². The Morgan fingerprint density at radius 1 is 1.11 bits per heavy atom. The molecular weight excluding hydrogens is 240 g/mol. The Balaban J connectivity index is 2.30. The average Bonchev–Trinajstić information content (AvgIpc) is 2.44. The minimum atomic E-state index is -0.634. The number of benzene rings is 1. The van der Waals surface area contributed by atoms with E-state index in [9.17, 15) is 5.11 Å². The van der Waals surface area contributed by atoms with Crippen LogP contribution in [0.3, 0.4) is 0 Å². The summed E-state index contributed by atoms with van der Waals surface area (Å²) in [6.45, 7) is 5.59. The maximum atomic E-state index is 9.69. The number of hydrogen-bond donors (Lipinski definition) is 2. The summed E-state index contributed by atoms with van der Waals surface area (Å²) in [4.78, 5) is 4.34. The number of aliphatic hydroxyl groups excluding tert-OH is 1. The molecule has 100 valence electrons. The number of nitrogens with one attached hydrogen (secondary N) is 1. The maximum absolute atomic E-state index is 9.69. The van der Waals surface area contributed by atoms with Gasteiger partial charge in [0.1, 0.15) is 0 Å². The molecule has 0 spiro atoms. The normalized spacial score (nSPS) is 13.9. The van der Waals surface area contributed by atoms with Crippen LogP contribution >= 0.6 is 0 Å². The van der Waals surface area contributed by atoms with E-state index in [2.05, 4.69) is 20.5 Å². The topological polar surface area (TPSA) is 70.9 Å². The van der Waals surface area contributed by atoms with Gasteiger partial charge in [0, 0.05) is 0 Å². The second kappa shape index (κ2) is 5.32. The van der Waals surface area contributed by atoms with Gasteiger partial charge in [-0.25, -0.2) is 4.98 Å². The third-order valence-corrected chi connectivity index (χ3v) is 3.21. The van der Waals surface area contributed by atoms with E-state index in [4.69, 9.17) is 0 Å². The first-order chi connectivity index (χ1) is 9.05. The van der Waals surface area contributed by atoms with Crippen LogP contribution in [-0.4, -0.2) is 26.9 Å². The number of rotatable bonds is 4. The standard InChI is InChI=1S/C14H18N4O/c1-10-11(2)17-18-13(15-10)16-14(3,9-19)12-7-5-4-6-8-12/h4-8,19H,9H2,1-3H3,(H,15,16,18). The van der Waals surface area contributed by atoms with Crippen molar-refractivity contribution in [3.63, 3.8) is 0 Å². The molecule has 2 N–H and O–H groups in total. The van der Waals surface area contributed by atoms with Crippen molar-refractivity contribution in [2.75, 3.05) is 11.9 Å². The van der Waals surface area contributed by atoms with E-state index in [1.807, 2.05) is 51.1 Å². The first-order valence-electron chi connectivity index (χ1n) is 6.17. The van der Waals surface area contributed by atoms with Gasteiger partial charge in [0.25, 0.3) is 0 Å². The van der Waals surface area contributed by atoms with Crippen molar-refractivity contribution in [3.05, 3.63) is 47.3 Å². The van der Waals surface area contributed by atoms with Gasteiger partial charge in [0.2, 0.25) is 5.95 Å². The second-order valence-electron chi connectivity index (χ2n) is 4.79. The van der Waals surface area contributed by atoms with Crippen LogP contribution < -0.4 is 5.32 Å². The Morgan fingerprint density at radius 2 is 1.79 bits per heavy atom. The molecule has 1 atom stereocenters. The number of aryl methyl sites for hydroxylation is 2. The predicted octanol–water partition coefficient (Wildman–Crippen LogP) is 1.81. The van der Waals surface area contributed by atoms with E-state index in [0.29, 0.717) is 5.95 Å². The van der Waals surface area contributed by atoms with Crippen LogP contribution in [0.1, 0.15) is 23.9 Å². The van der Waals surface area contributed by atoms with Crippen molar-refractivity contribution in [1.29, 1.82) is 0 Å². The van der Waals surface area contributed by atoms with Crippen LogP contribution in [0.2, 0.25) is 0 Å². The Bertz CT molecular complexity index is 559. The van der Waals surface area contributed by atoms with Crippen LogP contribution in [-0.2, 0) is 5.54 Å². The van der Waals surface area contributed by atoms with Crippen LogP contribution in [0, 0.1) is 13.8 Å². The summed E-state index contributed by atoms with van der Waals surface area (Å²) in [5.74, 6) is 0.420. The third kappa shape index (κ3) is 2.88. The van der Waals surface area contributed by atoms with Crippen LogP contribution in [0.5, 0.6) is 0 Å². The fourth-order valence-electron chi connectivity index (χ4n) is 1.77. The molecule has 0 radical (unpaired) electrons. The lowest BCUT2D eigenvalue weighted by Crippen LogP contribution is -2.36. The summed E-state index contributed by atoms with van der Waals surface area (Å²) < 4.78 is 0. The lowest BCUT2D eigenvalue weighted by molar-refractivity contribution is 0.223. The quantitative estimate of drug-likeness (QED) is 0.875. The van der Waals surface area contributed by atoms with Gasteiger partial charge in [0.15, 0.2) is 0 Å². The van der Waals surface area contributed by atoms with Gasteiger partial charge >= 0.3 is 0 Å². The minimum Gasteiger partial charge on any atom is -0.394 e. The van der Waals surface area contributed by atoms with Crippen molar-refractivity contribution in [2.24, 2.45) is 0 Å². The average molecular weight is 258 g/mol. The van der Waals surface area contributed by atoms with E-state index in [0.717, 1.165) is 17.0 Å². The van der Waals surface area contributed by atoms with Gasteiger partial charge < -0.3 is 10.4 Å². The van der Waals surface area contributed by atoms with E-state index >= 15 is 0 Å². The lowest BCUT2D eigenvalue weighted by Gasteiger charge is -2.29. The molecule has 1 aromatic carbocycles. The molecule has 0 saturated carbocycles. The molecule has 1 heterocycles. The molecule has 0 bridgehead atoms. The number of aliphatic hydroxyl groups is 1. The Morgan fingerprint density at radius 3 is 2.37 bits per heavy atom. The number of nitrogens with zero attached hydrogens (tertiary/aromatic N) is 3. The molecule has 0 amide bonds. The van der Waals surface area contributed by atoms with Crippen LogP contribution in [0.4, 0.5) is 5.95 Å². The highest BCUT2D eigenvalue weighted by Gasteiger charge is 2.26. The predicted molar refractivity (Wildman–Crippen MR) is 73.8 cm³/mol. The summed E-state index contributed by atoms with van der Waals surface area (Å²) >= 11 is 0. The minimum absolute atomic E-state index is 0.0622. The molecule has 2 aromatic rings. The summed E-state index contributed by atoms with van der Waals surface area (Å²) in [5, 5.41) is 20.9. The molecule has 0 aliphatic carbocycles. The maximum Gasteiger partial charge on any atom is 0.243 e. The van der Waals surface area contributed by atoms with Crippen molar-refractivity contribution in [1.82, 2.24) is 15.2 Å². The SMILES string of the molecule is Cc1nnc(NC(C)(CO)c2ccccc2)nc1C. The summed E-state index contributed by atoms with van der Waals surface area (Å²) in [5.41, 5.74) is 1.96. The Labute approximate surface area is 112 Å². The first kappa shape index (κ1) is 13.4. The first-order valence-corrected chi connectivity index (χ1v) is 6.17. The molecule has 1 unspecified atom stereocenters. The summed E-state index contributed by atoms with van der Waals surface area (Å²) in [6.07, 6.45) is 0.